The van der Waals surface area contributed by atoms with E-state index in [1.165, 1.54) is 0 Å². The third-order valence-electron chi connectivity index (χ3n) is 3.56. The smallest absolute Gasteiger partial charge is 0.239 e. The van der Waals surface area contributed by atoms with Crippen molar-refractivity contribution >= 4 is 17.6 Å². The topological polar surface area (TPSA) is 78.7 Å². The number of rotatable bonds is 3. The Balaban J connectivity index is 1.77. The highest BCUT2D eigenvalue weighted by molar-refractivity contribution is 5.91. The van der Waals surface area contributed by atoms with Gasteiger partial charge in [-0.15, -0.1) is 0 Å². The number of amides is 2. The maximum atomic E-state index is 12.2. The first-order valence-corrected chi connectivity index (χ1v) is 7.50. The van der Waals surface area contributed by atoms with Crippen LogP contribution in [-0.2, 0) is 9.59 Å². The van der Waals surface area contributed by atoms with Crippen molar-refractivity contribution < 1.29 is 14.1 Å². The fraction of sp³-hybridized carbons (Fsp3) is 0.667. The molecular formula is C15H24N4O3. The minimum Gasteiger partial charge on any atom is -0.360 e. The molecule has 2 amide bonds. The van der Waals surface area contributed by atoms with Crippen LogP contribution in [0, 0.1) is 12.3 Å². The molecule has 7 nitrogen and oxygen atoms in total. The summed E-state index contributed by atoms with van der Waals surface area (Å²) in [5.74, 6) is 1.13. The minimum absolute atomic E-state index is 0.121. The lowest BCUT2D eigenvalue weighted by atomic mass is 9.94. The Bertz CT molecular complexity index is 539. The van der Waals surface area contributed by atoms with Crippen LogP contribution in [0.2, 0.25) is 0 Å². The molecule has 0 radical (unpaired) electrons. The maximum Gasteiger partial charge on any atom is 0.239 e. The summed E-state index contributed by atoms with van der Waals surface area (Å²) < 4.78 is 4.91. The van der Waals surface area contributed by atoms with E-state index in [0.29, 0.717) is 44.3 Å². The number of carbonyl (C=O) groups is 2. The molecule has 0 saturated carbocycles. The molecule has 22 heavy (non-hydrogen) atoms. The molecule has 0 unspecified atom stereocenters. The zero-order valence-corrected chi connectivity index (χ0v) is 13.7. The molecule has 1 saturated heterocycles. The number of carbonyl (C=O) groups excluding carboxylic acids is 2. The van der Waals surface area contributed by atoms with Gasteiger partial charge in [0.25, 0.3) is 0 Å². The number of hydrogen-bond acceptors (Lipinski definition) is 5. The zero-order chi connectivity index (χ0) is 16.3. The molecule has 0 spiro atoms. The second kappa shape index (κ2) is 6.48. The summed E-state index contributed by atoms with van der Waals surface area (Å²) in [5.41, 5.74) is -0.357. The second-order valence-electron chi connectivity index (χ2n) is 6.69. The summed E-state index contributed by atoms with van der Waals surface area (Å²) >= 11 is 0. The molecule has 1 aliphatic heterocycles. The van der Waals surface area contributed by atoms with E-state index in [1.54, 1.807) is 13.0 Å². The van der Waals surface area contributed by atoms with Crippen LogP contribution in [0.3, 0.4) is 0 Å². The quantitative estimate of drug-likeness (QED) is 0.905. The molecule has 1 aliphatic rings. The highest BCUT2D eigenvalue weighted by Gasteiger charge is 2.30. The van der Waals surface area contributed by atoms with Gasteiger partial charge in [-0.05, 0) is 6.92 Å². The molecule has 122 valence electrons. The van der Waals surface area contributed by atoms with Gasteiger partial charge in [0.2, 0.25) is 11.8 Å². The van der Waals surface area contributed by atoms with Gasteiger partial charge in [-0.25, -0.2) is 0 Å². The molecule has 1 fully saturated rings. The van der Waals surface area contributed by atoms with E-state index in [-0.39, 0.29) is 17.2 Å². The number of nitrogens with zero attached hydrogens (tertiary/aromatic N) is 3. The van der Waals surface area contributed by atoms with Crippen molar-refractivity contribution in [2.24, 2.45) is 5.41 Å². The van der Waals surface area contributed by atoms with Crippen molar-refractivity contribution in [1.29, 1.82) is 0 Å². The lowest BCUT2D eigenvalue weighted by Gasteiger charge is -2.37. The normalized spacial score (nSPS) is 16.6. The standard InChI is InChI=1S/C15H24N4O3/c1-11-9-12(17-22-11)16-13(20)10-18-5-7-19(8-6-18)14(21)15(2,3)4/h9H,5-8,10H2,1-4H3,(H,16,17,20). The molecule has 0 bridgehead atoms. The summed E-state index contributed by atoms with van der Waals surface area (Å²) in [6.07, 6.45) is 0. The lowest BCUT2D eigenvalue weighted by Crippen LogP contribution is -2.52. The van der Waals surface area contributed by atoms with Gasteiger partial charge in [-0.1, -0.05) is 25.9 Å². The summed E-state index contributed by atoms with van der Waals surface area (Å²) in [7, 11) is 0. The predicted molar refractivity (Wildman–Crippen MR) is 82.3 cm³/mol. The molecule has 0 aromatic carbocycles. The van der Waals surface area contributed by atoms with Crippen LogP contribution in [0.5, 0.6) is 0 Å². The highest BCUT2D eigenvalue weighted by Crippen LogP contribution is 2.18. The van der Waals surface area contributed by atoms with Gasteiger partial charge in [-0.3, -0.25) is 14.5 Å². The van der Waals surface area contributed by atoms with Gasteiger partial charge in [0, 0.05) is 37.7 Å². The van der Waals surface area contributed by atoms with E-state index in [1.807, 2.05) is 30.6 Å². The van der Waals surface area contributed by atoms with Crippen molar-refractivity contribution in [2.45, 2.75) is 27.7 Å². The van der Waals surface area contributed by atoms with Crippen LogP contribution < -0.4 is 5.32 Å². The number of anilines is 1. The first-order chi connectivity index (χ1) is 10.3. The zero-order valence-electron chi connectivity index (χ0n) is 13.7. The largest absolute Gasteiger partial charge is 0.360 e. The summed E-state index contributed by atoms with van der Waals surface area (Å²) in [4.78, 5) is 28.1. The molecule has 1 aromatic heterocycles. The third kappa shape index (κ3) is 4.30. The van der Waals surface area contributed by atoms with Crippen LogP contribution in [0.4, 0.5) is 5.82 Å². The molecule has 1 N–H and O–H groups in total. The Morgan fingerprint density at radius 2 is 1.91 bits per heavy atom. The lowest BCUT2D eigenvalue weighted by molar-refractivity contribution is -0.141. The molecular weight excluding hydrogens is 284 g/mol. The molecule has 2 heterocycles. The van der Waals surface area contributed by atoms with Crippen molar-refractivity contribution in [3.8, 4) is 0 Å². The fourth-order valence-electron chi connectivity index (χ4n) is 2.39. The predicted octanol–water partition coefficient (Wildman–Crippen LogP) is 1.11. The Morgan fingerprint density at radius 3 is 2.41 bits per heavy atom. The first-order valence-electron chi connectivity index (χ1n) is 7.50. The van der Waals surface area contributed by atoms with Crippen LogP contribution in [0.15, 0.2) is 10.6 Å². The number of piperazine rings is 1. The van der Waals surface area contributed by atoms with E-state index in [2.05, 4.69) is 10.5 Å². The molecule has 0 atom stereocenters. The SMILES string of the molecule is Cc1cc(NC(=O)CN2CCN(C(=O)C(C)(C)C)CC2)no1. The van der Waals surface area contributed by atoms with Crippen molar-refractivity contribution in [3.63, 3.8) is 0 Å². The number of aryl methyl sites for hydroxylation is 1. The van der Waals surface area contributed by atoms with E-state index >= 15 is 0 Å². The Labute approximate surface area is 130 Å². The van der Waals surface area contributed by atoms with E-state index in [4.69, 9.17) is 4.52 Å². The summed E-state index contributed by atoms with van der Waals surface area (Å²) in [6, 6.07) is 1.68. The Morgan fingerprint density at radius 1 is 1.27 bits per heavy atom. The number of hydrogen-bond donors (Lipinski definition) is 1. The van der Waals surface area contributed by atoms with Gasteiger partial charge in [0.05, 0.1) is 6.54 Å². The van der Waals surface area contributed by atoms with Gasteiger partial charge >= 0.3 is 0 Å². The monoisotopic (exact) mass is 308 g/mol. The highest BCUT2D eigenvalue weighted by atomic mass is 16.5. The van der Waals surface area contributed by atoms with Crippen molar-refractivity contribution in [1.82, 2.24) is 15.0 Å². The Kier molecular flexibility index (Phi) is 4.85. The summed E-state index contributed by atoms with van der Waals surface area (Å²) in [5, 5.41) is 6.44. The van der Waals surface area contributed by atoms with E-state index in [0.717, 1.165) is 0 Å². The van der Waals surface area contributed by atoms with Crippen LogP contribution >= 0.6 is 0 Å². The molecule has 2 rings (SSSR count). The van der Waals surface area contributed by atoms with Gasteiger partial charge < -0.3 is 14.7 Å². The number of nitrogens with one attached hydrogen (secondary N) is 1. The van der Waals surface area contributed by atoms with Gasteiger partial charge in [-0.2, -0.15) is 0 Å². The minimum atomic E-state index is -0.357. The van der Waals surface area contributed by atoms with Crippen LogP contribution in [0.1, 0.15) is 26.5 Å². The van der Waals surface area contributed by atoms with Crippen molar-refractivity contribution in [2.75, 3.05) is 38.0 Å². The Hall–Kier alpha value is -1.89. The first kappa shape index (κ1) is 16.5. The third-order valence-corrected chi connectivity index (χ3v) is 3.56. The molecule has 0 aliphatic carbocycles. The second-order valence-corrected chi connectivity index (χ2v) is 6.69. The maximum absolute atomic E-state index is 12.2. The molecule has 7 heteroatoms. The van der Waals surface area contributed by atoms with Crippen LogP contribution in [0.25, 0.3) is 0 Å². The average molecular weight is 308 g/mol. The molecule has 1 aromatic rings. The van der Waals surface area contributed by atoms with Gasteiger partial charge in [0.15, 0.2) is 5.82 Å². The van der Waals surface area contributed by atoms with Crippen LogP contribution in [-0.4, -0.2) is 59.5 Å². The summed E-state index contributed by atoms with van der Waals surface area (Å²) in [6.45, 7) is 10.6. The van der Waals surface area contributed by atoms with Crippen molar-refractivity contribution in [3.05, 3.63) is 11.8 Å². The van der Waals surface area contributed by atoms with E-state index in [9.17, 15) is 9.59 Å². The average Bonchev–Trinajstić information content (AvgIpc) is 2.83. The fourth-order valence-corrected chi connectivity index (χ4v) is 2.39. The number of aromatic nitrogens is 1. The van der Waals surface area contributed by atoms with Gasteiger partial charge in [0.1, 0.15) is 5.76 Å². The van der Waals surface area contributed by atoms with E-state index < -0.39 is 0 Å².